The molecule has 0 aliphatic carbocycles. The fourth-order valence-electron chi connectivity index (χ4n) is 1.22. The zero-order valence-electron chi connectivity index (χ0n) is 8.62. The monoisotopic (exact) mass is 191 g/mol. The summed E-state index contributed by atoms with van der Waals surface area (Å²) in [5.41, 5.74) is 1.07. The van der Waals surface area contributed by atoms with Crippen LogP contribution in [0.1, 0.15) is 11.5 Å². The molecular weight excluding hydrogens is 176 g/mol. The van der Waals surface area contributed by atoms with Crippen LogP contribution in [0.2, 0.25) is 0 Å². The molecule has 2 nitrogen and oxygen atoms in total. The van der Waals surface area contributed by atoms with Gasteiger partial charge in [-0.05, 0) is 24.6 Å². The van der Waals surface area contributed by atoms with Crippen molar-refractivity contribution in [2.45, 2.75) is 5.92 Å². The maximum Gasteiger partial charge on any atom is 0.161 e. The van der Waals surface area contributed by atoms with Crippen LogP contribution in [0.25, 0.3) is 0 Å². The first-order valence-electron chi connectivity index (χ1n) is 4.40. The highest BCUT2D eigenvalue weighted by Gasteiger charge is 2.07. The van der Waals surface area contributed by atoms with Crippen LogP contribution in [0, 0.1) is 6.92 Å². The van der Waals surface area contributed by atoms with E-state index >= 15 is 0 Å². The van der Waals surface area contributed by atoms with Gasteiger partial charge in [0.25, 0.3) is 0 Å². The van der Waals surface area contributed by atoms with Crippen molar-refractivity contribution in [1.29, 1.82) is 0 Å². The molecule has 0 aromatic heterocycles. The van der Waals surface area contributed by atoms with Gasteiger partial charge < -0.3 is 9.47 Å². The van der Waals surface area contributed by atoms with Crippen molar-refractivity contribution in [3.63, 3.8) is 0 Å². The Morgan fingerprint density at radius 2 is 1.86 bits per heavy atom. The third kappa shape index (κ3) is 2.08. The van der Waals surface area contributed by atoms with Gasteiger partial charge in [-0.2, -0.15) is 0 Å². The minimum atomic E-state index is 0.0785. The minimum Gasteiger partial charge on any atom is -0.493 e. The molecule has 0 aliphatic heterocycles. The van der Waals surface area contributed by atoms with Gasteiger partial charge in [0.2, 0.25) is 0 Å². The van der Waals surface area contributed by atoms with E-state index < -0.39 is 0 Å². The second-order valence-corrected chi connectivity index (χ2v) is 2.96. The molecule has 2 heteroatoms. The molecule has 1 aromatic carbocycles. The van der Waals surface area contributed by atoms with Crippen LogP contribution in [-0.2, 0) is 0 Å². The summed E-state index contributed by atoms with van der Waals surface area (Å²) in [5, 5.41) is 0. The molecule has 0 heterocycles. The summed E-state index contributed by atoms with van der Waals surface area (Å²) in [6, 6.07) is 5.74. The molecule has 0 amide bonds. The maximum absolute atomic E-state index is 5.18. The summed E-state index contributed by atoms with van der Waals surface area (Å²) >= 11 is 0. The van der Waals surface area contributed by atoms with Gasteiger partial charge in [-0.1, -0.05) is 12.1 Å². The number of allylic oxidation sites excluding steroid dienone is 1. The van der Waals surface area contributed by atoms with E-state index in [2.05, 4.69) is 13.5 Å². The van der Waals surface area contributed by atoms with E-state index in [-0.39, 0.29) is 5.92 Å². The van der Waals surface area contributed by atoms with Crippen molar-refractivity contribution in [1.82, 2.24) is 0 Å². The lowest BCUT2D eigenvalue weighted by atomic mass is 10.0. The summed E-state index contributed by atoms with van der Waals surface area (Å²) in [5.74, 6) is 1.53. The first kappa shape index (κ1) is 10.6. The summed E-state index contributed by atoms with van der Waals surface area (Å²) in [6.07, 6.45) is 1.79. The maximum atomic E-state index is 5.18. The van der Waals surface area contributed by atoms with Crippen LogP contribution in [0.4, 0.5) is 0 Å². The molecule has 0 saturated carbocycles. The minimum absolute atomic E-state index is 0.0785. The van der Waals surface area contributed by atoms with Crippen LogP contribution in [0.3, 0.4) is 0 Å². The Bertz CT molecular complexity index is 318. The van der Waals surface area contributed by atoms with E-state index in [9.17, 15) is 0 Å². The molecular formula is C12H15O2. The SMILES string of the molecule is [CH2]C(C=C)c1ccc(OC)c(OC)c1. The first-order chi connectivity index (χ1) is 6.72. The van der Waals surface area contributed by atoms with E-state index in [1.165, 1.54) is 0 Å². The van der Waals surface area contributed by atoms with Crippen molar-refractivity contribution in [3.05, 3.63) is 43.3 Å². The van der Waals surface area contributed by atoms with Gasteiger partial charge in [-0.25, -0.2) is 0 Å². The van der Waals surface area contributed by atoms with Gasteiger partial charge in [-0.15, -0.1) is 6.58 Å². The number of hydrogen-bond donors (Lipinski definition) is 0. The number of methoxy groups -OCH3 is 2. The summed E-state index contributed by atoms with van der Waals surface area (Å²) in [7, 11) is 3.24. The standard InChI is InChI=1S/C12H15O2/c1-5-9(2)10-6-7-11(13-3)12(8-10)14-4/h5-9H,1-2H2,3-4H3. The molecule has 1 atom stereocenters. The number of hydrogen-bond acceptors (Lipinski definition) is 2. The molecule has 0 fully saturated rings. The molecule has 0 spiro atoms. The predicted octanol–water partition coefficient (Wildman–Crippen LogP) is 2.81. The average molecular weight is 191 g/mol. The molecule has 0 bridgehead atoms. The Hall–Kier alpha value is -1.44. The molecule has 14 heavy (non-hydrogen) atoms. The van der Waals surface area contributed by atoms with Gasteiger partial charge in [0.1, 0.15) is 0 Å². The summed E-state index contributed by atoms with van der Waals surface area (Å²) in [6.45, 7) is 7.64. The number of ether oxygens (including phenoxy) is 2. The van der Waals surface area contributed by atoms with Crippen LogP contribution in [0.5, 0.6) is 11.5 Å². The van der Waals surface area contributed by atoms with E-state index in [1.807, 2.05) is 18.2 Å². The second-order valence-electron chi connectivity index (χ2n) is 2.96. The Morgan fingerprint density at radius 3 is 2.36 bits per heavy atom. The Morgan fingerprint density at radius 1 is 1.21 bits per heavy atom. The van der Waals surface area contributed by atoms with Crippen LogP contribution in [0.15, 0.2) is 30.9 Å². The van der Waals surface area contributed by atoms with Crippen molar-refractivity contribution < 1.29 is 9.47 Å². The highest BCUT2D eigenvalue weighted by atomic mass is 16.5. The van der Waals surface area contributed by atoms with Gasteiger partial charge in [0.05, 0.1) is 14.2 Å². The van der Waals surface area contributed by atoms with Crippen molar-refractivity contribution in [2.75, 3.05) is 14.2 Å². The van der Waals surface area contributed by atoms with Crippen molar-refractivity contribution in [2.24, 2.45) is 0 Å². The van der Waals surface area contributed by atoms with Gasteiger partial charge in [0, 0.05) is 5.92 Å². The smallest absolute Gasteiger partial charge is 0.161 e. The number of benzene rings is 1. The predicted molar refractivity (Wildman–Crippen MR) is 57.8 cm³/mol. The third-order valence-corrected chi connectivity index (χ3v) is 2.12. The van der Waals surface area contributed by atoms with Crippen LogP contribution >= 0.6 is 0 Å². The average Bonchev–Trinajstić information content (AvgIpc) is 2.26. The lowest BCUT2D eigenvalue weighted by molar-refractivity contribution is 0.354. The fourth-order valence-corrected chi connectivity index (χ4v) is 1.22. The van der Waals surface area contributed by atoms with E-state index in [4.69, 9.17) is 9.47 Å². The zero-order chi connectivity index (χ0) is 10.6. The molecule has 0 N–H and O–H groups in total. The Kier molecular flexibility index (Phi) is 3.57. The van der Waals surface area contributed by atoms with Crippen molar-refractivity contribution in [3.8, 4) is 11.5 Å². The Labute approximate surface area is 85.2 Å². The van der Waals surface area contributed by atoms with Gasteiger partial charge >= 0.3 is 0 Å². The zero-order valence-corrected chi connectivity index (χ0v) is 8.62. The molecule has 1 aromatic rings. The van der Waals surface area contributed by atoms with Crippen LogP contribution < -0.4 is 9.47 Å². The van der Waals surface area contributed by atoms with Gasteiger partial charge in [0.15, 0.2) is 11.5 Å². The highest BCUT2D eigenvalue weighted by Crippen LogP contribution is 2.30. The normalized spacial score (nSPS) is 11.9. The Balaban J connectivity index is 3.06. The molecule has 1 unspecified atom stereocenters. The second kappa shape index (κ2) is 4.70. The summed E-state index contributed by atoms with van der Waals surface area (Å²) in [4.78, 5) is 0. The van der Waals surface area contributed by atoms with Crippen LogP contribution in [-0.4, -0.2) is 14.2 Å². The summed E-state index contributed by atoms with van der Waals surface area (Å²) < 4.78 is 10.3. The first-order valence-corrected chi connectivity index (χ1v) is 4.40. The lowest BCUT2D eigenvalue weighted by Crippen LogP contribution is -1.94. The molecule has 75 valence electrons. The van der Waals surface area contributed by atoms with E-state index in [1.54, 1.807) is 20.3 Å². The molecule has 0 saturated heterocycles. The van der Waals surface area contributed by atoms with E-state index in [0.29, 0.717) is 0 Å². The highest BCUT2D eigenvalue weighted by molar-refractivity contribution is 5.44. The molecule has 0 aliphatic rings. The van der Waals surface area contributed by atoms with Gasteiger partial charge in [-0.3, -0.25) is 0 Å². The third-order valence-electron chi connectivity index (χ3n) is 2.12. The molecule has 1 rings (SSSR count). The van der Waals surface area contributed by atoms with E-state index in [0.717, 1.165) is 17.1 Å². The quantitative estimate of drug-likeness (QED) is 0.681. The largest absolute Gasteiger partial charge is 0.493 e. The lowest BCUT2D eigenvalue weighted by Gasteiger charge is -2.11. The van der Waals surface area contributed by atoms with Crippen molar-refractivity contribution >= 4 is 0 Å². The topological polar surface area (TPSA) is 18.5 Å². The molecule has 1 radical (unpaired) electrons. The number of rotatable bonds is 4. The fraction of sp³-hybridized carbons (Fsp3) is 0.250.